The van der Waals surface area contributed by atoms with E-state index in [0.717, 1.165) is 0 Å². The molecule has 2 atom stereocenters. The molecule has 2 rings (SSSR count). The number of allylic oxidation sites excluding steroid dienone is 8. The van der Waals surface area contributed by atoms with E-state index in [9.17, 15) is 0 Å². The van der Waals surface area contributed by atoms with Gasteiger partial charge in [-0.15, -0.1) is 0 Å². The van der Waals surface area contributed by atoms with E-state index in [0.29, 0.717) is 11.1 Å². The first kappa shape index (κ1) is 24.7. The van der Waals surface area contributed by atoms with Crippen LogP contribution in [-0.2, 0) is 20.8 Å². The molecule has 0 spiro atoms. The Hall–Kier alpha value is 0.640. The topological polar surface area (TPSA) is 0 Å². The summed E-state index contributed by atoms with van der Waals surface area (Å²) in [5.74, 6) is 0. The first-order valence-electron chi connectivity index (χ1n) is 9.43. The summed E-state index contributed by atoms with van der Waals surface area (Å²) in [5, 5.41) is 0. The number of hydrogen-bond acceptors (Lipinski definition) is 0. The summed E-state index contributed by atoms with van der Waals surface area (Å²) in [7, 11) is 8.37. The van der Waals surface area contributed by atoms with Crippen molar-refractivity contribution >= 4 is 25.1 Å². The van der Waals surface area contributed by atoms with Gasteiger partial charge in [0.15, 0.2) is 0 Å². The first-order valence-corrected chi connectivity index (χ1v) is 18.9. The van der Waals surface area contributed by atoms with Gasteiger partial charge >= 0.3 is 37.9 Å². The molecule has 0 aliphatic heterocycles. The molecular weight excluding hydrogens is 454 g/mol. The van der Waals surface area contributed by atoms with Crippen LogP contribution in [-0.4, -0.2) is 8.07 Å². The predicted molar refractivity (Wildman–Crippen MR) is 119 cm³/mol. The van der Waals surface area contributed by atoms with E-state index in [1.165, 1.54) is 11.1 Å². The van der Waals surface area contributed by atoms with Crippen LogP contribution in [0.25, 0.3) is 0 Å². The molecule has 0 amide bonds. The zero-order valence-electron chi connectivity index (χ0n) is 18.2. The van der Waals surface area contributed by atoms with E-state index in [1.54, 1.807) is 11.1 Å². The van der Waals surface area contributed by atoms with Crippen LogP contribution in [0, 0.1) is 10.8 Å². The molecule has 0 bridgehead atoms. The SMILES string of the molecule is CC1=CC(C(C)(C)C)=CC1[Si](C)(C)C1C=C(C(C)(C)C)C=C1C.[Cl][Zr][Cl]. The van der Waals surface area contributed by atoms with Crippen LogP contribution in [0.3, 0.4) is 0 Å². The summed E-state index contributed by atoms with van der Waals surface area (Å²) in [6, 6.07) is 0. The minimum absolute atomic E-state index is 0.257. The van der Waals surface area contributed by atoms with Gasteiger partial charge in [0.25, 0.3) is 0 Å². The second-order valence-corrected chi connectivity index (χ2v) is 19.0. The molecule has 0 heterocycles. The van der Waals surface area contributed by atoms with Gasteiger partial charge in [0, 0.05) is 0 Å². The van der Waals surface area contributed by atoms with Gasteiger partial charge in [-0.3, -0.25) is 0 Å². The molecule has 4 heteroatoms. The molecule has 0 fully saturated rings. The second-order valence-electron chi connectivity index (χ2n) is 10.4. The van der Waals surface area contributed by atoms with Gasteiger partial charge in [0.05, 0.1) is 8.07 Å². The number of rotatable bonds is 2. The Balaban J connectivity index is 0.00000105. The Kier molecular flexibility index (Phi) is 8.52. The molecule has 2 aliphatic rings. The average molecular weight is 491 g/mol. The van der Waals surface area contributed by atoms with Crippen molar-refractivity contribution in [1.82, 2.24) is 0 Å². The molecule has 2 aliphatic carbocycles. The van der Waals surface area contributed by atoms with Crippen LogP contribution in [0.4, 0.5) is 0 Å². The molecule has 0 aromatic carbocycles. The van der Waals surface area contributed by atoms with Gasteiger partial charge < -0.3 is 0 Å². The van der Waals surface area contributed by atoms with Crippen molar-refractivity contribution < 1.29 is 20.8 Å². The number of hydrogen-bond donors (Lipinski definition) is 0. The zero-order chi connectivity index (χ0) is 20.5. The number of halogens is 2. The summed E-state index contributed by atoms with van der Waals surface area (Å²) < 4.78 is 0. The van der Waals surface area contributed by atoms with Gasteiger partial charge in [-0.05, 0) is 46.9 Å². The van der Waals surface area contributed by atoms with Crippen LogP contribution < -0.4 is 0 Å². The molecular formula is C22H36Cl2SiZr. The fraction of sp³-hybridized carbons (Fsp3) is 0.636. The molecule has 0 radical (unpaired) electrons. The van der Waals surface area contributed by atoms with Crippen molar-refractivity contribution in [3.8, 4) is 0 Å². The van der Waals surface area contributed by atoms with Gasteiger partial charge in [-0.1, -0.05) is 90.1 Å². The van der Waals surface area contributed by atoms with E-state index in [1.807, 2.05) is 0 Å². The van der Waals surface area contributed by atoms with Crippen LogP contribution in [0.1, 0.15) is 55.4 Å². The summed E-state index contributed by atoms with van der Waals surface area (Å²) in [6.07, 6.45) is 10.1. The van der Waals surface area contributed by atoms with Crippen LogP contribution >= 0.6 is 17.0 Å². The van der Waals surface area contributed by atoms with Gasteiger partial charge in [0.2, 0.25) is 0 Å². The minimum atomic E-state index is -1.49. The predicted octanol–water partition coefficient (Wildman–Crippen LogP) is 8.68. The fourth-order valence-corrected chi connectivity index (χ4v) is 8.24. The fourth-order valence-electron chi connectivity index (χ4n) is 4.12. The molecule has 2 unspecified atom stereocenters. The third-order valence-corrected chi connectivity index (χ3v) is 10.2. The Bertz CT molecular complexity index is 586. The van der Waals surface area contributed by atoms with E-state index in [2.05, 4.69) is 92.8 Å². The Morgan fingerprint density at radius 3 is 1.23 bits per heavy atom. The molecule has 0 nitrogen and oxygen atoms in total. The third kappa shape index (κ3) is 5.82. The van der Waals surface area contributed by atoms with Crippen molar-refractivity contribution in [3.63, 3.8) is 0 Å². The van der Waals surface area contributed by atoms with Crippen molar-refractivity contribution in [2.75, 3.05) is 0 Å². The van der Waals surface area contributed by atoms with Gasteiger partial charge in [0.1, 0.15) is 0 Å². The third-order valence-electron chi connectivity index (χ3n) is 5.78. The van der Waals surface area contributed by atoms with E-state index < -0.39 is 28.9 Å². The van der Waals surface area contributed by atoms with E-state index >= 15 is 0 Å². The van der Waals surface area contributed by atoms with Crippen molar-refractivity contribution in [2.24, 2.45) is 10.8 Å². The second kappa shape index (κ2) is 8.98. The Morgan fingerprint density at radius 1 is 0.769 bits per heavy atom. The van der Waals surface area contributed by atoms with Crippen molar-refractivity contribution in [2.45, 2.75) is 79.6 Å². The van der Waals surface area contributed by atoms with Crippen LogP contribution in [0.2, 0.25) is 24.2 Å². The molecule has 0 saturated carbocycles. The van der Waals surface area contributed by atoms with Crippen LogP contribution in [0.15, 0.2) is 46.6 Å². The van der Waals surface area contributed by atoms with Gasteiger partial charge in [-0.25, -0.2) is 0 Å². The molecule has 0 aromatic heterocycles. The quantitative estimate of drug-likeness (QED) is 0.340. The summed E-state index contributed by atoms with van der Waals surface area (Å²) in [5.41, 5.74) is 8.07. The van der Waals surface area contributed by atoms with Crippen LogP contribution in [0.5, 0.6) is 0 Å². The molecule has 0 saturated heterocycles. The molecule has 0 aromatic rings. The maximum atomic E-state index is 4.93. The summed E-state index contributed by atoms with van der Waals surface area (Å²) in [6.45, 7) is 23.8. The van der Waals surface area contributed by atoms with Crippen molar-refractivity contribution in [1.29, 1.82) is 0 Å². The van der Waals surface area contributed by atoms with E-state index in [4.69, 9.17) is 17.0 Å². The maximum absolute atomic E-state index is 4.93. The standard InChI is InChI=1S/C22H36Si.2ClH.Zr/c1-15-11-17(21(3,4)5)13-19(15)23(9,10)20-14-18(12-16(20)2)22(6,7)8;;;/h11-14,19-20H,1-10H3;2*1H;/q;;;+2/p-2. The molecule has 26 heavy (non-hydrogen) atoms. The molecule has 0 N–H and O–H groups in total. The zero-order valence-corrected chi connectivity index (χ0v) is 23.2. The monoisotopic (exact) mass is 488 g/mol. The van der Waals surface area contributed by atoms with Gasteiger partial charge in [-0.2, -0.15) is 0 Å². The van der Waals surface area contributed by atoms with E-state index in [-0.39, 0.29) is 10.8 Å². The molecule has 146 valence electrons. The Labute approximate surface area is 181 Å². The summed E-state index contributed by atoms with van der Waals surface area (Å²) in [4.78, 5) is 0. The Morgan fingerprint density at radius 2 is 1.04 bits per heavy atom. The average Bonchev–Trinajstić information content (AvgIpc) is 3.02. The summed E-state index contributed by atoms with van der Waals surface area (Å²) >= 11 is -0.826. The first-order chi connectivity index (χ1) is 11.7. The van der Waals surface area contributed by atoms with Crippen molar-refractivity contribution in [3.05, 3.63) is 46.6 Å². The normalized spacial score (nSPS) is 23.5.